The van der Waals surface area contributed by atoms with Gasteiger partial charge in [0.05, 0.1) is 17.8 Å². The SMILES string of the molecule is Cn1c(CCl)cnc1SCc1ccccc1. The smallest absolute Gasteiger partial charge is 0.168 e. The van der Waals surface area contributed by atoms with Crippen LogP contribution in [-0.2, 0) is 18.7 Å². The van der Waals surface area contributed by atoms with E-state index in [1.807, 2.05) is 23.9 Å². The lowest BCUT2D eigenvalue weighted by Crippen LogP contribution is -1.95. The van der Waals surface area contributed by atoms with Crippen LogP contribution in [-0.4, -0.2) is 9.55 Å². The number of aromatic nitrogens is 2. The molecule has 0 amide bonds. The van der Waals surface area contributed by atoms with Gasteiger partial charge in [0.25, 0.3) is 0 Å². The molecule has 16 heavy (non-hydrogen) atoms. The number of rotatable bonds is 4. The molecule has 1 heterocycles. The predicted octanol–water partition coefficient (Wildman–Crippen LogP) is 3.45. The summed E-state index contributed by atoms with van der Waals surface area (Å²) in [5.74, 6) is 1.45. The highest BCUT2D eigenvalue weighted by molar-refractivity contribution is 7.98. The van der Waals surface area contributed by atoms with Crippen LogP contribution >= 0.6 is 23.4 Å². The maximum Gasteiger partial charge on any atom is 0.168 e. The number of halogens is 1. The van der Waals surface area contributed by atoms with Crippen molar-refractivity contribution in [2.75, 3.05) is 0 Å². The van der Waals surface area contributed by atoms with Crippen LogP contribution in [0.5, 0.6) is 0 Å². The standard InChI is InChI=1S/C12H13ClN2S/c1-15-11(7-13)8-14-12(15)16-9-10-5-3-2-4-6-10/h2-6,8H,7,9H2,1H3. The van der Waals surface area contributed by atoms with Gasteiger partial charge in [-0.3, -0.25) is 0 Å². The Morgan fingerprint density at radius 2 is 2.06 bits per heavy atom. The van der Waals surface area contributed by atoms with E-state index in [2.05, 4.69) is 29.2 Å². The largest absolute Gasteiger partial charge is 0.325 e. The summed E-state index contributed by atoms with van der Waals surface area (Å²) in [6, 6.07) is 10.4. The molecular weight excluding hydrogens is 240 g/mol. The van der Waals surface area contributed by atoms with Gasteiger partial charge in [-0.05, 0) is 5.56 Å². The van der Waals surface area contributed by atoms with Gasteiger partial charge in [-0.15, -0.1) is 11.6 Å². The molecule has 84 valence electrons. The molecule has 0 saturated heterocycles. The van der Waals surface area contributed by atoms with Gasteiger partial charge in [-0.1, -0.05) is 42.1 Å². The molecule has 0 saturated carbocycles. The Morgan fingerprint density at radius 1 is 1.31 bits per heavy atom. The number of nitrogens with zero attached hydrogens (tertiary/aromatic N) is 2. The lowest BCUT2D eigenvalue weighted by atomic mass is 10.2. The van der Waals surface area contributed by atoms with Crippen LogP contribution in [0.4, 0.5) is 0 Å². The van der Waals surface area contributed by atoms with E-state index in [9.17, 15) is 0 Å². The summed E-state index contributed by atoms with van der Waals surface area (Å²) in [5.41, 5.74) is 2.36. The number of imidazole rings is 1. The van der Waals surface area contributed by atoms with Crippen molar-refractivity contribution in [2.24, 2.45) is 7.05 Å². The molecule has 0 aliphatic carbocycles. The Kier molecular flexibility index (Phi) is 3.91. The first kappa shape index (κ1) is 11.6. The maximum absolute atomic E-state index is 5.79. The lowest BCUT2D eigenvalue weighted by Gasteiger charge is -2.03. The molecule has 1 aromatic heterocycles. The van der Waals surface area contributed by atoms with Crippen LogP contribution in [0.15, 0.2) is 41.7 Å². The first-order valence-corrected chi connectivity index (χ1v) is 6.56. The molecule has 2 aromatic rings. The lowest BCUT2D eigenvalue weighted by molar-refractivity contribution is 0.761. The van der Waals surface area contributed by atoms with Gasteiger partial charge in [0, 0.05) is 12.8 Å². The van der Waals surface area contributed by atoms with Crippen LogP contribution in [0.3, 0.4) is 0 Å². The van der Waals surface area contributed by atoms with E-state index in [1.54, 1.807) is 11.8 Å². The fourth-order valence-corrected chi connectivity index (χ4v) is 2.58. The zero-order valence-corrected chi connectivity index (χ0v) is 10.6. The van der Waals surface area contributed by atoms with Crippen molar-refractivity contribution in [3.05, 3.63) is 47.8 Å². The molecule has 0 bridgehead atoms. The zero-order chi connectivity index (χ0) is 11.4. The van der Waals surface area contributed by atoms with Crippen molar-refractivity contribution in [1.82, 2.24) is 9.55 Å². The van der Waals surface area contributed by atoms with E-state index in [0.29, 0.717) is 5.88 Å². The predicted molar refractivity (Wildman–Crippen MR) is 68.8 cm³/mol. The highest BCUT2D eigenvalue weighted by atomic mass is 35.5. The first-order chi connectivity index (χ1) is 7.81. The summed E-state index contributed by atoms with van der Waals surface area (Å²) < 4.78 is 2.04. The van der Waals surface area contributed by atoms with Crippen molar-refractivity contribution in [2.45, 2.75) is 16.8 Å². The zero-order valence-electron chi connectivity index (χ0n) is 9.06. The molecule has 0 fully saturated rings. The highest BCUT2D eigenvalue weighted by Crippen LogP contribution is 2.22. The summed E-state index contributed by atoms with van der Waals surface area (Å²) in [5, 5.41) is 1.01. The van der Waals surface area contributed by atoms with Gasteiger partial charge in [-0.25, -0.2) is 4.98 Å². The van der Waals surface area contributed by atoms with Crippen LogP contribution in [0, 0.1) is 0 Å². The van der Waals surface area contributed by atoms with Crippen molar-refractivity contribution in [3.63, 3.8) is 0 Å². The molecule has 1 aromatic carbocycles. The fraction of sp³-hybridized carbons (Fsp3) is 0.250. The Balaban J connectivity index is 2.02. The second-order valence-corrected chi connectivity index (χ2v) is 4.71. The number of benzene rings is 1. The Labute approximate surface area is 105 Å². The van der Waals surface area contributed by atoms with Crippen LogP contribution in [0.2, 0.25) is 0 Å². The molecule has 4 heteroatoms. The Bertz CT molecular complexity index is 453. The minimum absolute atomic E-state index is 0.509. The summed E-state index contributed by atoms with van der Waals surface area (Å²) in [4.78, 5) is 4.34. The van der Waals surface area contributed by atoms with Crippen LogP contribution < -0.4 is 0 Å². The third-order valence-electron chi connectivity index (χ3n) is 2.39. The number of thioether (sulfide) groups is 1. The molecule has 0 N–H and O–H groups in total. The normalized spacial score (nSPS) is 10.6. The monoisotopic (exact) mass is 252 g/mol. The van der Waals surface area contributed by atoms with E-state index in [4.69, 9.17) is 11.6 Å². The molecule has 0 aliphatic rings. The van der Waals surface area contributed by atoms with Gasteiger partial charge in [-0.2, -0.15) is 0 Å². The van der Waals surface area contributed by atoms with Crippen molar-refractivity contribution in [1.29, 1.82) is 0 Å². The molecule has 2 rings (SSSR count). The van der Waals surface area contributed by atoms with Crippen molar-refractivity contribution in [3.8, 4) is 0 Å². The summed E-state index contributed by atoms with van der Waals surface area (Å²) >= 11 is 7.52. The molecule has 2 nitrogen and oxygen atoms in total. The van der Waals surface area contributed by atoms with E-state index in [1.165, 1.54) is 5.56 Å². The fourth-order valence-electron chi connectivity index (χ4n) is 1.41. The van der Waals surface area contributed by atoms with Crippen LogP contribution in [0.1, 0.15) is 11.3 Å². The Hall–Kier alpha value is -0.930. The van der Waals surface area contributed by atoms with Crippen molar-refractivity contribution < 1.29 is 0 Å². The molecule has 0 aliphatic heterocycles. The minimum Gasteiger partial charge on any atom is -0.325 e. The number of hydrogen-bond acceptors (Lipinski definition) is 2. The maximum atomic E-state index is 5.79. The van der Waals surface area contributed by atoms with Gasteiger partial charge >= 0.3 is 0 Å². The average molecular weight is 253 g/mol. The second kappa shape index (κ2) is 5.41. The van der Waals surface area contributed by atoms with E-state index in [-0.39, 0.29) is 0 Å². The minimum atomic E-state index is 0.509. The van der Waals surface area contributed by atoms with Crippen molar-refractivity contribution >= 4 is 23.4 Å². The highest BCUT2D eigenvalue weighted by Gasteiger charge is 2.05. The number of alkyl halides is 1. The third kappa shape index (κ3) is 2.60. The molecule has 0 atom stereocenters. The molecule has 0 unspecified atom stereocenters. The number of hydrogen-bond donors (Lipinski definition) is 0. The summed E-state index contributed by atoms with van der Waals surface area (Å²) in [6.07, 6.45) is 1.83. The van der Waals surface area contributed by atoms with E-state index < -0.39 is 0 Å². The first-order valence-electron chi connectivity index (χ1n) is 5.04. The summed E-state index contributed by atoms with van der Waals surface area (Å²) in [7, 11) is 2.00. The van der Waals surface area contributed by atoms with E-state index >= 15 is 0 Å². The average Bonchev–Trinajstić information content (AvgIpc) is 2.69. The second-order valence-electron chi connectivity index (χ2n) is 3.50. The van der Waals surface area contributed by atoms with Crippen LogP contribution in [0.25, 0.3) is 0 Å². The van der Waals surface area contributed by atoms with Gasteiger partial charge in [0.2, 0.25) is 0 Å². The quantitative estimate of drug-likeness (QED) is 0.613. The molecule has 0 spiro atoms. The molecule has 0 radical (unpaired) electrons. The molecular formula is C12H13ClN2S. The van der Waals surface area contributed by atoms with Gasteiger partial charge in [0.1, 0.15) is 0 Å². The Morgan fingerprint density at radius 3 is 2.69 bits per heavy atom. The van der Waals surface area contributed by atoms with Gasteiger partial charge in [0.15, 0.2) is 5.16 Å². The summed E-state index contributed by atoms with van der Waals surface area (Å²) in [6.45, 7) is 0. The topological polar surface area (TPSA) is 17.8 Å². The third-order valence-corrected chi connectivity index (χ3v) is 3.78. The van der Waals surface area contributed by atoms with Gasteiger partial charge < -0.3 is 4.57 Å². The van der Waals surface area contributed by atoms with E-state index in [0.717, 1.165) is 16.6 Å².